The smallest absolute Gasteiger partial charge is 0.395 e. The lowest BCUT2D eigenvalue weighted by Gasteiger charge is -2.30. The van der Waals surface area contributed by atoms with Gasteiger partial charge in [-0.3, -0.25) is 14.6 Å². The first-order chi connectivity index (χ1) is 15.9. The molecule has 2 atom stereocenters. The Kier molecular flexibility index (Phi) is 7.33. The summed E-state index contributed by atoms with van der Waals surface area (Å²) in [5.41, 5.74) is 5.19. The van der Waals surface area contributed by atoms with Crippen LogP contribution < -0.4 is 11.1 Å². The molecule has 6 nitrogen and oxygen atoms in total. The Bertz CT molecular complexity index is 1090. The number of carbonyl (C=O) groups excluding carboxylic acids is 2. The first kappa shape index (κ1) is 25.3. The van der Waals surface area contributed by atoms with Crippen molar-refractivity contribution >= 4 is 23.2 Å². The third kappa shape index (κ3) is 5.95. The fraction of sp³-hybridized carbons (Fsp3) is 0.400. The molecule has 1 aromatic rings. The Balaban J connectivity index is 1.85. The van der Waals surface area contributed by atoms with Crippen molar-refractivity contribution in [2.75, 3.05) is 13.1 Å². The summed E-state index contributed by atoms with van der Waals surface area (Å²) in [6.45, 7) is 5.98. The zero-order valence-corrected chi connectivity index (χ0v) is 19.4. The van der Waals surface area contributed by atoms with E-state index in [1.807, 2.05) is 19.1 Å². The molecule has 0 bridgehead atoms. The maximum atomic E-state index is 13.2. The van der Waals surface area contributed by atoms with Crippen LogP contribution in [0.15, 0.2) is 64.8 Å². The molecule has 1 aliphatic carbocycles. The van der Waals surface area contributed by atoms with Gasteiger partial charge in [0.05, 0.1) is 11.4 Å². The molecular weight excluding hydrogens is 445 g/mol. The van der Waals surface area contributed by atoms with Crippen molar-refractivity contribution in [1.29, 1.82) is 0 Å². The minimum atomic E-state index is -4.68. The average molecular weight is 475 g/mol. The number of allylic oxidation sites excluding steroid dienone is 4. The Hall–Kier alpha value is -3.36. The lowest BCUT2D eigenvalue weighted by molar-refractivity contribution is -0.126. The van der Waals surface area contributed by atoms with E-state index in [4.69, 9.17) is 5.73 Å². The fourth-order valence-electron chi connectivity index (χ4n) is 3.99. The number of aliphatic imine (C=N–C) groups is 1. The van der Waals surface area contributed by atoms with Crippen molar-refractivity contribution in [2.24, 2.45) is 16.1 Å². The molecule has 2 aliphatic rings. The van der Waals surface area contributed by atoms with Crippen molar-refractivity contribution < 1.29 is 22.8 Å². The molecule has 1 saturated heterocycles. The maximum Gasteiger partial charge on any atom is 0.430 e. The summed E-state index contributed by atoms with van der Waals surface area (Å²) in [5.74, 6) is -0.313. The van der Waals surface area contributed by atoms with Crippen molar-refractivity contribution in [3.05, 3.63) is 65.4 Å². The first-order valence-corrected chi connectivity index (χ1v) is 11.0. The van der Waals surface area contributed by atoms with Gasteiger partial charge in [-0.1, -0.05) is 43.4 Å². The van der Waals surface area contributed by atoms with E-state index in [1.54, 1.807) is 42.2 Å². The van der Waals surface area contributed by atoms with E-state index in [1.165, 1.54) is 6.92 Å². The molecule has 1 fully saturated rings. The molecule has 9 heteroatoms. The molecule has 182 valence electrons. The predicted octanol–water partition coefficient (Wildman–Crippen LogP) is 4.10. The Morgan fingerprint density at radius 1 is 1.29 bits per heavy atom. The fourth-order valence-corrected chi connectivity index (χ4v) is 3.99. The van der Waals surface area contributed by atoms with Gasteiger partial charge in [0, 0.05) is 37.0 Å². The summed E-state index contributed by atoms with van der Waals surface area (Å²) >= 11 is 0. The van der Waals surface area contributed by atoms with Crippen LogP contribution in [0.1, 0.15) is 32.3 Å². The molecule has 2 unspecified atom stereocenters. The molecular formula is C25H29F3N4O2. The van der Waals surface area contributed by atoms with Gasteiger partial charge < -0.3 is 16.0 Å². The molecule has 1 heterocycles. The van der Waals surface area contributed by atoms with Crippen molar-refractivity contribution in [2.45, 2.75) is 45.8 Å². The van der Waals surface area contributed by atoms with E-state index in [9.17, 15) is 22.8 Å². The quantitative estimate of drug-likeness (QED) is 0.630. The standard InChI is InChI=1S/C25H29F3N4O2/c1-16-6-4-5-7-20(16)31-22(14-21(29)25(26,27)28)24(3)11-8-18(9-12-24)23(34)32-13-10-19(15-32)30-17(2)33/h4-9,11,14,19H,10,12-13,15,29H2,1-3H3,(H,30,33). The minimum Gasteiger partial charge on any atom is -0.395 e. The molecule has 1 aromatic carbocycles. The third-order valence-electron chi connectivity index (χ3n) is 6.07. The van der Waals surface area contributed by atoms with E-state index in [0.717, 1.165) is 11.6 Å². The van der Waals surface area contributed by atoms with Crippen LogP contribution in [0.3, 0.4) is 0 Å². The molecule has 3 rings (SSSR count). The SMILES string of the molecule is CC(=O)NC1CCN(C(=O)C2=CCC(C)(C(C=C(N)C(F)(F)F)=Nc3ccccc3C)C=C2)C1. The number of amides is 2. The number of carbonyl (C=O) groups is 2. The van der Waals surface area contributed by atoms with Crippen molar-refractivity contribution in [3.8, 4) is 0 Å². The largest absolute Gasteiger partial charge is 0.430 e. The highest BCUT2D eigenvalue weighted by molar-refractivity contribution is 6.04. The van der Waals surface area contributed by atoms with Crippen LogP contribution in [0, 0.1) is 12.3 Å². The van der Waals surface area contributed by atoms with Crippen LogP contribution in [-0.4, -0.2) is 47.7 Å². The van der Waals surface area contributed by atoms with Gasteiger partial charge in [-0.25, -0.2) is 0 Å². The van der Waals surface area contributed by atoms with Crippen LogP contribution in [0.2, 0.25) is 0 Å². The van der Waals surface area contributed by atoms with Gasteiger partial charge in [-0.15, -0.1) is 0 Å². The Morgan fingerprint density at radius 3 is 2.59 bits per heavy atom. The van der Waals surface area contributed by atoms with Gasteiger partial charge in [0.1, 0.15) is 5.70 Å². The molecule has 1 aliphatic heterocycles. The summed E-state index contributed by atoms with van der Waals surface area (Å²) in [7, 11) is 0. The lowest BCUT2D eigenvalue weighted by Crippen LogP contribution is -2.38. The first-order valence-electron chi connectivity index (χ1n) is 11.0. The van der Waals surface area contributed by atoms with Gasteiger partial charge >= 0.3 is 6.18 Å². The van der Waals surface area contributed by atoms with Crippen LogP contribution in [0.4, 0.5) is 18.9 Å². The van der Waals surface area contributed by atoms with Crippen LogP contribution in [0.25, 0.3) is 0 Å². The monoisotopic (exact) mass is 474 g/mol. The second kappa shape index (κ2) is 9.87. The summed E-state index contributed by atoms with van der Waals surface area (Å²) in [6.07, 6.45) is 2.20. The lowest BCUT2D eigenvalue weighted by atomic mass is 9.77. The number of nitrogens with two attached hydrogens (primary N) is 1. The van der Waals surface area contributed by atoms with E-state index in [-0.39, 0.29) is 30.0 Å². The molecule has 0 spiro atoms. The average Bonchev–Trinajstić information content (AvgIpc) is 3.21. The highest BCUT2D eigenvalue weighted by atomic mass is 19.4. The normalized spacial score (nSPS) is 23.6. The van der Waals surface area contributed by atoms with Gasteiger partial charge in [0.25, 0.3) is 5.91 Å². The number of halogens is 3. The van der Waals surface area contributed by atoms with Gasteiger partial charge in [0.15, 0.2) is 0 Å². The van der Waals surface area contributed by atoms with Crippen molar-refractivity contribution in [3.63, 3.8) is 0 Å². The second-order valence-corrected chi connectivity index (χ2v) is 8.93. The highest BCUT2D eigenvalue weighted by Gasteiger charge is 2.36. The number of rotatable bonds is 5. The molecule has 2 amide bonds. The van der Waals surface area contributed by atoms with E-state index >= 15 is 0 Å². The van der Waals surface area contributed by atoms with Gasteiger partial charge in [0.2, 0.25) is 5.91 Å². The zero-order chi connectivity index (χ0) is 25.1. The number of likely N-dealkylation sites (tertiary alicyclic amines) is 1. The van der Waals surface area contributed by atoms with E-state index in [2.05, 4.69) is 10.3 Å². The Morgan fingerprint density at radius 2 is 2.00 bits per heavy atom. The van der Waals surface area contributed by atoms with Crippen LogP contribution in [0.5, 0.6) is 0 Å². The summed E-state index contributed by atoms with van der Waals surface area (Å²) in [5, 5.41) is 2.82. The summed E-state index contributed by atoms with van der Waals surface area (Å²) in [6, 6.07) is 7.06. The van der Waals surface area contributed by atoms with Gasteiger partial charge in [-0.2, -0.15) is 13.2 Å². The van der Waals surface area contributed by atoms with Crippen LogP contribution >= 0.6 is 0 Å². The number of benzene rings is 1. The third-order valence-corrected chi connectivity index (χ3v) is 6.07. The predicted molar refractivity (Wildman–Crippen MR) is 125 cm³/mol. The van der Waals surface area contributed by atoms with Gasteiger partial charge in [-0.05, 0) is 37.5 Å². The number of hydrogen-bond donors (Lipinski definition) is 2. The minimum absolute atomic E-state index is 0.0804. The number of nitrogens with one attached hydrogen (secondary N) is 1. The summed E-state index contributed by atoms with van der Waals surface area (Å²) in [4.78, 5) is 30.4. The van der Waals surface area contributed by atoms with E-state index < -0.39 is 17.3 Å². The summed E-state index contributed by atoms with van der Waals surface area (Å²) < 4.78 is 39.6. The molecule has 34 heavy (non-hydrogen) atoms. The van der Waals surface area contributed by atoms with Crippen molar-refractivity contribution in [1.82, 2.24) is 10.2 Å². The molecule has 3 N–H and O–H groups in total. The number of alkyl halides is 3. The topological polar surface area (TPSA) is 87.8 Å². The molecule has 0 aromatic heterocycles. The zero-order valence-electron chi connectivity index (χ0n) is 19.4. The van der Waals surface area contributed by atoms with Crippen LogP contribution in [-0.2, 0) is 9.59 Å². The number of aryl methyl sites for hydroxylation is 1. The highest BCUT2D eigenvalue weighted by Crippen LogP contribution is 2.36. The number of nitrogens with zero attached hydrogens (tertiary/aromatic N) is 2. The maximum absolute atomic E-state index is 13.2. The molecule has 0 radical (unpaired) electrons. The van der Waals surface area contributed by atoms with E-state index in [0.29, 0.717) is 30.8 Å². The second-order valence-electron chi connectivity index (χ2n) is 8.93. The number of hydrogen-bond acceptors (Lipinski definition) is 4. The number of para-hydroxylation sites is 1. The molecule has 0 saturated carbocycles. The Labute approximate surface area is 197 Å².